The fraction of sp³-hybridized carbons (Fsp3) is 0.185. The minimum Gasteiger partial charge on any atom is -0.348 e. The second-order valence-corrected chi connectivity index (χ2v) is 8.43. The summed E-state index contributed by atoms with van der Waals surface area (Å²) < 4.78 is 2.15. The molecule has 5 rings (SSSR count). The maximum absolute atomic E-state index is 13.6. The Hall–Kier alpha value is -4.06. The van der Waals surface area contributed by atoms with Crippen molar-refractivity contribution in [1.29, 1.82) is 0 Å². The monoisotopic (exact) mass is 438 g/mol. The summed E-state index contributed by atoms with van der Waals surface area (Å²) in [6, 6.07) is 24.2. The first-order valence-corrected chi connectivity index (χ1v) is 11.1. The van der Waals surface area contributed by atoms with Crippen molar-refractivity contribution >= 4 is 28.4 Å². The molecule has 2 heterocycles. The molecule has 0 spiro atoms. The smallest absolute Gasteiger partial charge is 0.260 e. The zero-order valence-corrected chi connectivity index (χ0v) is 18.9. The number of rotatable bonds is 5. The Morgan fingerprint density at radius 1 is 0.939 bits per heavy atom. The van der Waals surface area contributed by atoms with Crippen LogP contribution in [0, 0.1) is 6.92 Å². The molecular formula is C27H26N4O2. The van der Waals surface area contributed by atoms with Gasteiger partial charge in [0.25, 0.3) is 11.8 Å². The first-order chi connectivity index (χ1) is 16.0. The topological polar surface area (TPSA) is 66.4 Å². The predicted octanol–water partition coefficient (Wildman–Crippen LogP) is 4.56. The second-order valence-electron chi connectivity index (χ2n) is 8.43. The van der Waals surface area contributed by atoms with Crippen LogP contribution in [0.3, 0.4) is 0 Å². The van der Waals surface area contributed by atoms with E-state index in [1.807, 2.05) is 73.8 Å². The summed E-state index contributed by atoms with van der Waals surface area (Å²) in [6.45, 7) is 3.85. The lowest BCUT2D eigenvalue weighted by molar-refractivity contribution is -0.125. The summed E-state index contributed by atoms with van der Waals surface area (Å²) in [5, 5.41) is 1.09. The fourth-order valence-electron chi connectivity index (χ4n) is 4.81. The molecule has 1 aliphatic rings. The van der Waals surface area contributed by atoms with Gasteiger partial charge in [0.05, 0.1) is 11.7 Å². The number of carbonyl (C=O) groups excluding carboxylic acids is 2. The van der Waals surface area contributed by atoms with Crippen molar-refractivity contribution in [2.75, 3.05) is 5.43 Å². The summed E-state index contributed by atoms with van der Waals surface area (Å²) in [7, 11) is 2.04. The molecule has 1 aliphatic heterocycles. The van der Waals surface area contributed by atoms with E-state index in [9.17, 15) is 9.59 Å². The maximum Gasteiger partial charge on any atom is 0.260 e. The molecule has 0 saturated heterocycles. The van der Waals surface area contributed by atoms with E-state index in [1.165, 1.54) is 0 Å². The van der Waals surface area contributed by atoms with Gasteiger partial charge in [-0.25, -0.2) is 0 Å². The minimum absolute atomic E-state index is 0.134. The first kappa shape index (κ1) is 20.8. The molecule has 0 saturated carbocycles. The van der Waals surface area contributed by atoms with Crippen molar-refractivity contribution in [3.05, 3.63) is 101 Å². The number of hydrazine groups is 1. The van der Waals surface area contributed by atoms with Crippen LogP contribution in [0.2, 0.25) is 0 Å². The Morgan fingerprint density at radius 2 is 1.61 bits per heavy atom. The zero-order valence-electron chi connectivity index (χ0n) is 18.9. The number of aromatic nitrogens is 1. The van der Waals surface area contributed by atoms with Crippen molar-refractivity contribution in [3.8, 4) is 0 Å². The van der Waals surface area contributed by atoms with Crippen molar-refractivity contribution in [2.24, 2.45) is 7.05 Å². The number of aryl methyl sites for hydroxylation is 1. The number of anilines is 1. The van der Waals surface area contributed by atoms with Gasteiger partial charge in [0.2, 0.25) is 0 Å². The molecule has 4 aromatic rings. The number of nitrogens with one attached hydrogen (secondary N) is 2. The molecule has 33 heavy (non-hydrogen) atoms. The van der Waals surface area contributed by atoms with Crippen LogP contribution >= 0.6 is 0 Å². The van der Waals surface area contributed by atoms with E-state index >= 15 is 0 Å². The average Bonchev–Trinajstić information content (AvgIpc) is 3.28. The van der Waals surface area contributed by atoms with E-state index in [0.717, 1.165) is 33.4 Å². The lowest BCUT2D eigenvalue weighted by atomic mass is 9.95. The Balaban J connectivity index is 1.56. The van der Waals surface area contributed by atoms with Gasteiger partial charge in [0.1, 0.15) is 6.04 Å². The normalized spacial score (nSPS) is 16.0. The molecule has 1 aromatic heterocycles. The summed E-state index contributed by atoms with van der Waals surface area (Å²) in [4.78, 5) is 28.4. The third-order valence-corrected chi connectivity index (χ3v) is 6.62. The van der Waals surface area contributed by atoms with Crippen LogP contribution < -0.4 is 10.9 Å². The van der Waals surface area contributed by atoms with E-state index < -0.39 is 6.04 Å². The Labute approximate surface area is 192 Å². The molecule has 2 amide bonds. The molecule has 0 bridgehead atoms. The van der Waals surface area contributed by atoms with Gasteiger partial charge >= 0.3 is 0 Å². The Morgan fingerprint density at radius 3 is 2.39 bits per heavy atom. The van der Waals surface area contributed by atoms with Gasteiger partial charge in [0, 0.05) is 34.8 Å². The molecule has 0 fully saturated rings. The number of para-hydroxylation sites is 2. The van der Waals surface area contributed by atoms with Crippen molar-refractivity contribution in [2.45, 2.75) is 25.9 Å². The van der Waals surface area contributed by atoms with Crippen LogP contribution in [-0.2, 0) is 11.8 Å². The summed E-state index contributed by atoms with van der Waals surface area (Å²) in [6.07, 6.45) is 0. The summed E-state index contributed by atoms with van der Waals surface area (Å²) in [5.41, 5.74) is 11.3. The molecule has 2 N–H and O–H groups in total. The molecule has 166 valence electrons. The highest BCUT2D eigenvalue weighted by Crippen LogP contribution is 2.44. The third kappa shape index (κ3) is 3.35. The van der Waals surface area contributed by atoms with Crippen LogP contribution in [0.4, 0.5) is 5.69 Å². The van der Waals surface area contributed by atoms with Gasteiger partial charge < -0.3 is 9.47 Å². The van der Waals surface area contributed by atoms with E-state index in [1.54, 1.807) is 11.8 Å². The highest BCUT2D eigenvalue weighted by Gasteiger charge is 2.43. The van der Waals surface area contributed by atoms with Crippen LogP contribution in [0.1, 0.15) is 40.1 Å². The lowest BCUT2D eigenvalue weighted by Gasteiger charge is -2.31. The summed E-state index contributed by atoms with van der Waals surface area (Å²) in [5.74, 6) is -0.409. The van der Waals surface area contributed by atoms with Crippen LogP contribution in [-0.4, -0.2) is 27.3 Å². The van der Waals surface area contributed by atoms with Gasteiger partial charge in [-0.15, -0.1) is 0 Å². The van der Waals surface area contributed by atoms with Crippen LogP contribution in [0.25, 0.3) is 10.9 Å². The molecule has 0 radical (unpaired) electrons. The van der Waals surface area contributed by atoms with Crippen molar-refractivity contribution in [3.63, 3.8) is 0 Å². The second kappa shape index (κ2) is 8.13. The SMILES string of the molecule is Cc1c(C2c3ccccc3C(=O)N2C(C)C(=O)NNc2ccccc2)c2ccccc2n1C. The van der Waals surface area contributed by atoms with Crippen molar-refractivity contribution < 1.29 is 9.59 Å². The van der Waals surface area contributed by atoms with E-state index in [0.29, 0.717) is 5.56 Å². The highest BCUT2D eigenvalue weighted by molar-refractivity contribution is 6.03. The molecular weight excluding hydrogens is 412 g/mol. The van der Waals surface area contributed by atoms with Crippen LogP contribution in [0.15, 0.2) is 78.9 Å². The molecule has 2 unspecified atom stereocenters. The van der Waals surface area contributed by atoms with Gasteiger partial charge in [0.15, 0.2) is 0 Å². The van der Waals surface area contributed by atoms with Gasteiger partial charge in [-0.2, -0.15) is 0 Å². The largest absolute Gasteiger partial charge is 0.348 e. The van der Waals surface area contributed by atoms with Gasteiger partial charge in [-0.05, 0) is 43.7 Å². The lowest BCUT2D eigenvalue weighted by Crippen LogP contribution is -2.48. The number of amides is 2. The fourth-order valence-corrected chi connectivity index (χ4v) is 4.81. The molecule has 3 aromatic carbocycles. The molecule has 6 heteroatoms. The first-order valence-electron chi connectivity index (χ1n) is 11.1. The third-order valence-electron chi connectivity index (χ3n) is 6.62. The number of nitrogens with zero attached hydrogens (tertiary/aromatic N) is 2. The van der Waals surface area contributed by atoms with E-state index in [4.69, 9.17) is 0 Å². The number of hydrogen-bond acceptors (Lipinski definition) is 3. The average molecular weight is 439 g/mol. The maximum atomic E-state index is 13.6. The summed E-state index contributed by atoms with van der Waals surface area (Å²) >= 11 is 0. The Bertz CT molecular complexity index is 1360. The highest BCUT2D eigenvalue weighted by atomic mass is 16.2. The quantitative estimate of drug-likeness (QED) is 0.449. The van der Waals surface area contributed by atoms with E-state index in [-0.39, 0.29) is 17.9 Å². The molecule has 6 nitrogen and oxygen atoms in total. The number of fused-ring (bicyclic) bond motifs is 2. The predicted molar refractivity (Wildman–Crippen MR) is 130 cm³/mol. The molecule has 0 aliphatic carbocycles. The standard InChI is InChI=1S/C27H26N4O2/c1-17-24(22-15-9-10-16-23(22)30(17)3)25-20-13-7-8-14-21(20)27(33)31(25)18(2)26(32)29-28-19-11-5-4-6-12-19/h4-16,18,25,28H,1-3H3,(H,29,32). The Kier molecular flexibility index (Phi) is 5.13. The molecule has 2 atom stereocenters. The van der Waals surface area contributed by atoms with Gasteiger partial charge in [-0.3, -0.25) is 20.4 Å². The number of benzene rings is 3. The number of hydrogen-bond donors (Lipinski definition) is 2. The zero-order chi connectivity index (χ0) is 23.1. The van der Waals surface area contributed by atoms with Crippen LogP contribution in [0.5, 0.6) is 0 Å². The minimum atomic E-state index is -0.690. The van der Waals surface area contributed by atoms with Gasteiger partial charge in [-0.1, -0.05) is 54.6 Å². The van der Waals surface area contributed by atoms with E-state index in [2.05, 4.69) is 34.5 Å². The number of carbonyl (C=O) groups is 2. The van der Waals surface area contributed by atoms with Crippen molar-refractivity contribution in [1.82, 2.24) is 14.9 Å².